The number of benzene rings is 1. The molecule has 2 aromatic heterocycles. The summed E-state index contributed by atoms with van der Waals surface area (Å²) in [5.74, 6) is -1.55. The second-order valence-corrected chi connectivity index (χ2v) is 6.44. The third kappa shape index (κ3) is 3.10. The molecule has 0 aliphatic rings. The molecule has 1 N–H and O–H groups in total. The van der Waals surface area contributed by atoms with E-state index < -0.39 is 17.2 Å². The zero-order valence-electron chi connectivity index (χ0n) is 13.6. The Hall–Kier alpha value is -2.81. The fraction of sp³-hybridized carbons (Fsp3) is 0.250. The van der Waals surface area contributed by atoms with Gasteiger partial charge >= 0.3 is 5.69 Å². The second-order valence-electron chi connectivity index (χ2n) is 5.50. The van der Waals surface area contributed by atoms with E-state index in [2.05, 4.69) is 9.97 Å². The molecule has 1 unspecified atom stereocenters. The van der Waals surface area contributed by atoms with Crippen LogP contribution in [0.3, 0.4) is 0 Å². The molecule has 1 aromatic carbocycles. The Morgan fingerprint density at radius 3 is 2.64 bits per heavy atom. The molecule has 9 heteroatoms. The third-order valence-electron chi connectivity index (χ3n) is 3.91. The van der Waals surface area contributed by atoms with Gasteiger partial charge in [0.1, 0.15) is 0 Å². The summed E-state index contributed by atoms with van der Waals surface area (Å²) in [7, 11) is 1.50. The van der Waals surface area contributed by atoms with E-state index in [4.69, 9.17) is 0 Å². The lowest BCUT2D eigenvalue weighted by atomic mass is 10.1. The molecule has 0 radical (unpaired) electrons. The van der Waals surface area contributed by atoms with Crippen LogP contribution in [0.25, 0.3) is 11.2 Å². The molecule has 0 fully saturated rings. The number of aromatic amines is 1. The highest BCUT2D eigenvalue weighted by Crippen LogP contribution is 2.28. The normalized spacial score (nSPS) is 12.4. The fourth-order valence-corrected chi connectivity index (χ4v) is 3.43. The van der Waals surface area contributed by atoms with Crippen molar-refractivity contribution in [3.05, 3.63) is 56.7 Å². The van der Waals surface area contributed by atoms with Crippen molar-refractivity contribution >= 4 is 28.9 Å². The van der Waals surface area contributed by atoms with Gasteiger partial charge < -0.3 is 14.5 Å². The van der Waals surface area contributed by atoms with Crippen LogP contribution >= 0.6 is 11.8 Å². The van der Waals surface area contributed by atoms with E-state index in [1.165, 1.54) is 11.6 Å². The van der Waals surface area contributed by atoms with Gasteiger partial charge in [0.2, 0.25) is 0 Å². The number of aryl methyl sites for hydroxylation is 1. The average molecular weight is 359 g/mol. The van der Waals surface area contributed by atoms with Crippen LogP contribution in [-0.4, -0.2) is 30.8 Å². The lowest BCUT2D eigenvalue weighted by Gasteiger charge is -2.17. The standard InChI is InChI=1S/C16H16N4O4S/c1-9(10-6-4-3-5-7-10)20-12-13(17-16(20)25-8-11(21)22)19(2)15(24)18-14(12)23/h3-7,9H,8H2,1-2H3,(H,21,22)(H,18,23,24)/p-1. The van der Waals surface area contributed by atoms with Crippen molar-refractivity contribution < 1.29 is 9.90 Å². The zero-order chi connectivity index (χ0) is 18.1. The molecule has 0 bridgehead atoms. The van der Waals surface area contributed by atoms with Crippen molar-refractivity contribution in [2.24, 2.45) is 7.05 Å². The zero-order valence-corrected chi connectivity index (χ0v) is 14.4. The number of nitrogens with one attached hydrogen (secondary N) is 1. The molecule has 0 saturated carbocycles. The number of imidazole rings is 1. The van der Waals surface area contributed by atoms with Crippen molar-refractivity contribution in [2.45, 2.75) is 18.1 Å². The molecule has 0 amide bonds. The van der Waals surface area contributed by atoms with Crippen LogP contribution in [0.15, 0.2) is 45.1 Å². The first-order chi connectivity index (χ1) is 11.9. The Labute approximate surface area is 146 Å². The Balaban J connectivity index is 2.28. The molecule has 25 heavy (non-hydrogen) atoms. The minimum absolute atomic E-state index is 0.206. The largest absolute Gasteiger partial charge is 0.549 e. The van der Waals surface area contributed by atoms with E-state index in [9.17, 15) is 19.5 Å². The van der Waals surface area contributed by atoms with E-state index in [0.29, 0.717) is 5.16 Å². The van der Waals surface area contributed by atoms with Crippen LogP contribution in [0.5, 0.6) is 0 Å². The molecule has 0 aliphatic carbocycles. The first-order valence-corrected chi connectivity index (χ1v) is 8.47. The van der Waals surface area contributed by atoms with Gasteiger partial charge in [-0.2, -0.15) is 0 Å². The molecular formula is C16H15N4O4S-. The summed E-state index contributed by atoms with van der Waals surface area (Å²) < 4.78 is 2.88. The van der Waals surface area contributed by atoms with Crippen LogP contribution in [0.1, 0.15) is 18.5 Å². The summed E-state index contributed by atoms with van der Waals surface area (Å²) in [5.41, 5.74) is 0.210. The second kappa shape index (κ2) is 6.60. The molecule has 1 atom stereocenters. The van der Waals surface area contributed by atoms with Crippen molar-refractivity contribution in [3.8, 4) is 0 Å². The third-order valence-corrected chi connectivity index (χ3v) is 4.83. The first kappa shape index (κ1) is 17.0. The Kier molecular flexibility index (Phi) is 4.49. The van der Waals surface area contributed by atoms with Crippen LogP contribution in [0.4, 0.5) is 0 Å². The van der Waals surface area contributed by atoms with Crippen molar-refractivity contribution in [1.29, 1.82) is 0 Å². The maximum atomic E-state index is 12.4. The smallest absolute Gasteiger partial charge is 0.329 e. The fourth-order valence-electron chi connectivity index (χ4n) is 2.65. The number of carboxylic acid groups (broad SMARTS) is 1. The van der Waals surface area contributed by atoms with E-state index in [1.807, 2.05) is 37.3 Å². The lowest BCUT2D eigenvalue weighted by Crippen LogP contribution is -2.29. The summed E-state index contributed by atoms with van der Waals surface area (Å²) in [4.78, 5) is 41.6. The number of carbonyl (C=O) groups excluding carboxylic acids is 1. The molecule has 2 heterocycles. The highest BCUT2D eigenvalue weighted by Gasteiger charge is 2.22. The molecule has 3 aromatic rings. The lowest BCUT2D eigenvalue weighted by molar-refractivity contribution is -0.301. The molecule has 8 nitrogen and oxygen atoms in total. The number of rotatable bonds is 5. The van der Waals surface area contributed by atoms with Crippen LogP contribution in [0, 0.1) is 0 Å². The number of aliphatic carboxylic acids is 1. The summed E-state index contributed by atoms with van der Waals surface area (Å²) in [5, 5.41) is 11.2. The molecule has 0 aliphatic heterocycles. The van der Waals surface area contributed by atoms with Crippen LogP contribution in [-0.2, 0) is 11.8 Å². The van der Waals surface area contributed by atoms with Gasteiger partial charge in [0.25, 0.3) is 5.56 Å². The van der Waals surface area contributed by atoms with Gasteiger partial charge in [-0.15, -0.1) is 0 Å². The van der Waals surface area contributed by atoms with Crippen LogP contribution < -0.4 is 16.4 Å². The number of H-pyrrole nitrogens is 1. The van der Waals surface area contributed by atoms with E-state index in [0.717, 1.165) is 17.3 Å². The Morgan fingerprint density at radius 2 is 2.00 bits per heavy atom. The highest BCUT2D eigenvalue weighted by atomic mass is 32.2. The molecule has 3 rings (SSSR count). The van der Waals surface area contributed by atoms with Crippen LogP contribution in [0.2, 0.25) is 0 Å². The first-order valence-electron chi connectivity index (χ1n) is 7.49. The minimum atomic E-state index is -1.24. The van der Waals surface area contributed by atoms with E-state index in [1.54, 1.807) is 4.57 Å². The minimum Gasteiger partial charge on any atom is -0.549 e. The number of carbonyl (C=O) groups is 1. The SMILES string of the molecule is CC(c1ccccc1)n1c(SCC(=O)[O-])nc2c1c(=O)[nH]c(=O)n2C. The maximum Gasteiger partial charge on any atom is 0.329 e. The molecule has 0 spiro atoms. The monoisotopic (exact) mass is 359 g/mol. The topological polar surface area (TPSA) is 113 Å². The number of nitrogens with zero attached hydrogens (tertiary/aromatic N) is 3. The van der Waals surface area contributed by atoms with E-state index >= 15 is 0 Å². The molecule has 130 valence electrons. The Morgan fingerprint density at radius 1 is 1.32 bits per heavy atom. The number of fused-ring (bicyclic) bond motifs is 1. The average Bonchev–Trinajstić information content (AvgIpc) is 2.98. The predicted molar refractivity (Wildman–Crippen MR) is 91.6 cm³/mol. The van der Waals surface area contributed by atoms with Gasteiger partial charge in [-0.25, -0.2) is 9.78 Å². The number of hydrogen-bond acceptors (Lipinski definition) is 6. The van der Waals surface area contributed by atoms with Crippen molar-refractivity contribution in [1.82, 2.24) is 19.1 Å². The quantitative estimate of drug-likeness (QED) is 0.635. The van der Waals surface area contributed by atoms with Gasteiger partial charge in [0.05, 0.1) is 12.0 Å². The highest BCUT2D eigenvalue weighted by molar-refractivity contribution is 7.99. The number of aromatic nitrogens is 4. The van der Waals surface area contributed by atoms with Gasteiger partial charge in [-0.3, -0.25) is 14.3 Å². The summed E-state index contributed by atoms with van der Waals surface area (Å²) >= 11 is 0.949. The summed E-state index contributed by atoms with van der Waals surface area (Å²) in [6.07, 6.45) is 0. The summed E-state index contributed by atoms with van der Waals surface area (Å²) in [6, 6.07) is 9.15. The van der Waals surface area contributed by atoms with Crippen molar-refractivity contribution in [3.63, 3.8) is 0 Å². The Bertz CT molecular complexity index is 1050. The molecule has 0 saturated heterocycles. The van der Waals surface area contributed by atoms with E-state index in [-0.39, 0.29) is 23.0 Å². The van der Waals surface area contributed by atoms with Gasteiger partial charge in [0.15, 0.2) is 16.3 Å². The summed E-state index contributed by atoms with van der Waals surface area (Å²) in [6.45, 7) is 1.88. The molecular weight excluding hydrogens is 344 g/mol. The van der Waals surface area contributed by atoms with Crippen molar-refractivity contribution in [2.75, 3.05) is 5.75 Å². The maximum absolute atomic E-state index is 12.4. The predicted octanol–water partition coefficient (Wildman–Crippen LogP) is -0.125. The van der Waals surface area contributed by atoms with Gasteiger partial charge in [-0.05, 0) is 12.5 Å². The number of hydrogen-bond donors (Lipinski definition) is 1. The number of thioether (sulfide) groups is 1. The number of carboxylic acids is 1. The van der Waals surface area contributed by atoms with Gasteiger partial charge in [0, 0.05) is 12.8 Å². The van der Waals surface area contributed by atoms with Gasteiger partial charge in [-0.1, -0.05) is 42.1 Å².